The maximum Gasteiger partial charge on any atom is -0.0417 e. The third kappa shape index (κ3) is 6.45. The normalized spacial score (nSPS) is 17.8. The molecule has 0 N–H and O–H groups in total. The van der Waals surface area contributed by atoms with Gasteiger partial charge in [-0.3, -0.25) is 0 Å². The van der Waals surface area contributed by atoms with E-state index in [2.05, 4.69) is 34.6 Å². The summed E-state index contributed by atoms with van der Waals surface area (Å²) in [4.78, 5) is 0. The van der Waals surface area contributed by atoms with E-state index in [0.717, 1.165) is 17.8 Å². The van der Waals surface area contributed by atoms with Crippen molar-refractivity contribution in [3.05, 3.63) is 0 Å². The predicted molar refractivity (Wildman–Crippen MR) is 66.5 cm³/mol. The number of hydrogen-bond donors (Lipinski definition) is 0. The van der Waals surface area contributed by atoms with Gasteiger partial charge in [0.2, 0.25) is 0 Å². The fourth-order valence-electron chi connectivity index (χ4n) is 1.85. The van der Waals surface area contributed by atoms with Gasteiger partial charge in [0.15, 0.2) is 0 Å². The minimum absolute atomic E-state index is 0.915. The van der Waals surface area contributed by atoms with Gasteiger partial charge in [-0.2, -0.15) is 0 Å². The van der Waals surface area contributed by atoms with Crippen molar-refractivity contribution in [1.82, 2.24) is 0 Å². The molecule has 0 spiro atoms. The Bertz CT molecular complexity index is 117. The predicted octanol–water partition coefficient (Wildman–Crippen LogP) is 5.28. The summed E-state index contributed by atoms with van der Waals surface area (Å²) in [6.45, 7) is 11.8. The molecule has 3 unspecified atom stereocenters. The van der Waals surface area contributed by atoms with Gasteiger partial charge in [0.25, 0.3) is 0 Å². The van der Waals surface area contributed by atoms with Gasteiger partial charge >= 0.3 is 0 Å². The highest BCUT2D eigenvalue weighted by molar-refractivity contribution is 4.61. The smallest absolute Gasteiger partial charge is 0.0417 e. The first-order chi connectivity index (χ1) is 6.61. The van der Waals surface area contributed by atoms with Crippen molar-refractivity contribution in [3.8, 4) is 0 Å². The van der Waals surface area contributed by atoms with Crippen LogP contribution in [-0.4, -0.2) is 0 Å². The molecule has 0 rings (SSSR count). The van der Waals surface area contributed by atoms with E-state index in [1.54, 1.807) is 0 Å². The summed E-state index contributed by atoms with van der Waals surface area (Å²) in [7, 11) is 0. The van der Waals surface area contributed by atoms with Gasteiger partial charge < -0.3 is 0 Å². The average molecular weight is 198 g/mol. The molecule has 0 aromatic carbocycles. The van der Waals surface area contributed by atoms with E-state index in [0.29, 0.717) is 0 Å². The first kappa shape index (κ1) is 14.0. The molecule has 3 atom stereocenters. The number of hydrogen-bond acceptors (Lipinski definition) is 0. The van der Waals surface area contributed by atoms with Crippen LogP contribution in [-0.2, 0) is 0 Å². The molecule has 0 fully saturated rings. The van der Waals surface area contributed by atoms with E-state index < -0.39 is 0 Å². The maximum atomic E-state index is 2.41. The molecule has 0 bridgehead atoms. The molecular weight excluding hydrogens is 168 g/mol. The van der Waals surface area contributed by atoms with Crippen molar-refractivity contribution in [3.63, 3.8) is 0 Å². The molecule has 0 aliphatic heterocycles. The van der Waals surface area contributed by atoms with Crippen molar-refractivity contribution >= 4 is 0 Å². The van der Waals surface area contributed by atoms with E-state index in [-0.39, 0.29) is 0 Å². The number of rotatable bonds is 8. The summed E-state index contributed by atoms with van der Waals surface area (Å²) < 4.78 is 0. The third-order valence-corrected chi connectivity index (χ3v) is 3.92. The number of unbranched alkanes of at least 4 members (excludes halogenated alkanes) is 1. The summed E-state index contributed by atoms with van der Waals surface area (Å²) in [5, 5.41) is 0. The van der Waals surface area contributed by atoms with Crippen molar-refractivity contribution in [2.75, 3.05) is 0 Å². The molecule has 0 nitrogen and oxygen atoms in total. The Hall–Kier alpha value is 0. The van der Waals surface area contributed by atoms with Crippen LogP contribution in [0, 0.1) is 17.8 Å². The molecule has 0 aromatic heterocycles. The van der Waals surface area contributed by atoms with Crippen LogP contribution >= 0.6 is 0 Å². The Balaban J connectivity index is 3.35. The molecule has 0 saturated heterocycles. The molecule has 0 amide bonds. The van der Waals surface area contributed by atoms with Crippen LogP contribution < -0.4 is 0 Å². The SMILES string of the molecule is CCC(C)CCCCC(C)C(C)CC. The van der Waals surface area contributed by atoms with E-state index in [1.807, 2.05) is 0 Å². The molecular formula is C14H30. The lowest BCUT2D eigenvalue weighted by Crippen LogP contribution is -2.06. The van der Waals surface area contributed by atoms with Crippen LogP contribution in [0.4, 0.5) is 0 Å². The minimum Gasteiger partial charge on any atom is -0.0651 e. The van der Waals surface area contributed by atoms with Gasteiger partial charge in [-0.1, -0.05) is 73.1 Å². The van der Waals surface area contributed by atoms with Gasteiger partial charge in [0.1, 0.15) is 0 Å². The van der Waals surface area contributed by atoms with Crippen molar-refractivity contribution < 1.29 is 0 Å². The van der Waals surface area contributed by atoms with E-state index in [4.69, 9.17) is 0 Å². The zero-order valence-corrected chi connectivity index (χ0v) is 11.0. The van der Waals surface area contributed by atoms with E-state index >= 15 is 0 Å². The lowest BCUT2D eigenvalue weighted by molar-refractivity contribution is 0.337. The summed E-state index contributed by atoms with van der Waals surface area (Å²) in [5.41, 5.74) is 0. The van der Waals surface area contributed by atoms with Gasteiger partial charge in [-0.15, -0.1) is 0 Å². The monoisotopic (exact) mass is 198 g/mol. The van der Waals surface area contributed by atoms with Crippen molar-refractivity contribution in [2.24, 2.45) is 17.8 Å². The van der Waals surface area contributed by atoms with Gasteiger partial charge in [0.05, 0.1) is 0 Å². The van der Waals surface area contributed by atoms with Crippen molar-refractivity contribution in [2.45, 2.75) is 73.1 Å². The standard InChI is InChI=1S/C14H30/c1-6-12(3)10-8-9-11-14(5)13(4)7-2/h12-14H,6-11H2,1-5H3. The minimum atomic E-state index is 0.915. The van der Waals surface area contributed by atoms with Crippen LogP contribution in [0.2, 0.25) is 0 Å². The van der Waals surface area contributed by atoms with Crippen LogP contribution in [0.1, 0.15) is 73.1 Å². The maximum absolute atomic E-state index is 2.41. The highest BCUT2D eigenvalue weighted by atomic mass is 14.1. The summed E-state index contributed by atoms with van der Waals surface area (Å²) in [5.74, 6) is 2.78. The van der Waals surface area contributed by atoms with Crippen LogP contribution in [0.15, 0.2) is 0 Å². The van der Waals surface area contributed by atoms with Crippen molar-refractivity contribution in [1.29, 1.82) is 0 Å². The molecule has 0 heterocycles. The first-order valence-electron chi connectivity index (χ1n) is 6.61. The Morgan fingerprint density at radius 1 is 0.714 bits per heavy atom. The first-order valence-corrected chi connectivity index (χ1v) is 6.61. The Morgan fingerprint density at radius 3 is 1.79 bits per heavy atom. The quantitative estimate of drug-likeness (QED) is 0.466. The highest BCUT2D eigenvalue weighted by Crippen LogP contribution is 2.22. The molecule has 0 heteroatoms. The second-order valence-electron chi connectivity index (χ2n) is 5.16. The van der Waals surface area contributed by atoms with E-state index in [1.165, 1.54) is 38.5 Å². The molecule has 86 valence electrons. The van der Waals surface area contributed by atoms with E-state index in [9.17, 15) is 0 Å². The highest BCUT2D eigenvalue weighted by Gasteiger charge is 2.09. The topological polar surface area (TPSA) is 0 Å². The molecule has 0 saturated carbocycles. The lowest BCUT2D eigenvalue weighted by atomic mass is 9.88. The molecule has 0 aliphatic rings. The summed E-state index contributed by atoms with van der Waals surface area (Å²) >= 11 is 0. The van der Waals surface area contributed by atoms with Gasteiger partial charge in [0, 0.05) is 0 Å². The molecule has 0 aliphatic carbocycles. The van der Waals surface area contributed by atoms with Crippen LogP contribution in [0.3, 0.4) is 0 Å². The Morgan fingerprint density at radius 2 is 1.29 bits per heavy atom. The summed E-state index contributed by atoms with van der Waals surface area (Å²) in [6, 6.07) is 0. The van der Waals surface area contributed by atoms with Gasteiger partial charge in [-0.25, -0.2) is 0 Å². The average Bonchev–Trinajstić information content (AvgIpc) is 2.22. The lowest BCUT2D eigenvalue weighted by Gasteiger charge is -2.18. The fraction of sp³-hybridized carbons (Fsp3) is 1.00. The molecule has 0 radical (unpaired) electrons. The second kappa shape index (κ2) is 8.32. The zero-order chi connectivity index (χ0) is 11.0. The summed E-state index contributed by atoms with van der Waals surface area (Å²) in [6.07, 6.45) is 8.44. The molecule has 0 aromatic rings. The fourth-order valence-corrected chi connectivity index (χ4v) is 1.85. The molecule has 14 heavy (non-hydrogen) atoms. The zero-order valence-electron chi connectivity index (χ0n) is 11.0. The third-order valence-electron chi connectivity index (χ3n) is 3.92. The van der Waals surface area contributed by atoms with Crippen LogP contribution in [0.25, 0.3) is 0 Å². The Kier molecular flexibility index (Phi) is 8.32. The van der Waals surface area contributed by atoms with Gasteiger partial charge in [-0.05, 0) is 17.8 Å². The van der Waals surface area contributed by atoms with Crippen LogP contribution in [0.5, 0.6) is 0 Å². The Labute approximate surface area is 91.5 Å². The largest absolute Gasteiger partial charge is 0.0651 e. The second-order valence-corrected chi connectivity index (χ2v) is 5.16.